The van der Waals surface area contributed by atoms with Crippen LogP contribution in [0, 0.1) is 0 Å². The van der Waals surface area contributed by atoms with Crippen LogP contribution >= 0.6 is 0 Å². The quantitative estimate of drug-likeness (QED) is 0.589. The number of nitrogens with zero attached hydrogens (tertiary/aromatic N) is 1. The summed E-state index contributed by atoms with van der Waals surface area (Å²) in [7, 11) is -2.11. The molecule has 0 fully saturated rings. The van der Waals surface area contributed by atoms with E-state index >= 15 is 0 Å². The highest BCUT2D eigenvalue weighted by Gasteiger charge is 2.51. The lowest BCUT2D eigenvalue weighted by Crippen LogP contribution is -2.50. The van der Waals surface area contributed by atoms with Crippen molar-refractivity contribution in [1.82, 2.24) is 4.90 Å². The molecule has 0 aromatic heterocycles. The van der Waals surface area contributed by atoms with Gasteiger partial charge in [0.05, 0.1) is 0 Å². The van der Waals surface area contributed by atoms with E-state index in [0.717, 1.165) is 0 Å². The van der Waals surface area contributed by atoms with E-state index in [2.05, 4.69) is 0 Å². The van der Waals surface area contributed by atoms with Gasteiger partial charge < -0.3 is 4.46 Å². The SMILES string of the molecule is C[Si](=O)CCCN(C(=O)C(F)(F)F)C(=O)C(F)(F)F. The maximum atomic E-state index is 12.1. The fourth-order valence-corrected chi connectivity index (χ4v) is 1.74. The van der Waals surface area contributed by atoms with Crippen LogP contribution in [0.4, 0.5) is 26.3 Å². The number of halogens is 6. The predicted molar refractivity (Wildman–Crippen MR) is 50.6 cm³/mol. The van der Waals surface area contributed by atoms with Crippen LogP contribution in [0.1, 0.15) is 6.42 Å². The molecule has 0 aromatic rings. The van der Waals surface area contributed by atoms with Gasteiger partial charge in [0.2, 0.25) is 0 Å². The Labute approximate surface area is 105 Å². The first-order valence-corrected chi connectivity index (χ1v) is 6.98. The Balaban J connectivity index is 5.00. The van der Waals surface area contributed by atoms with Gasteiger partial charge in [0.25, 0.3) is 8.68 Å². The number of rotatable bonds is 4. The van der Waals surface area contributed by atoms with Crippen LogP contribution in [0.3, 0.4) is 0 Å². The first-order chi connectivity index (χ1) is 8.37. The Morgan fingerprint density at radius 1 is 1.00 bits per heavy atom. The fraction of sp³-hybridized carbons (Fsp3) is 0.750. The highest BCUT2D eigenvalue weighted by Crippen LogP contribution is 2.24. The standard InChI is InChI=1S/C8H9F6NO3Si/c1-19(18)4-2-3-15(5(16)7(9,10)11)6(17)8(12,13)14/h2-4H2,1H3. The van der Waals surface area contributed by atoms with Gasteiger partial charge in [-0.15, -0.1) is 0 Å². The van der Waals surface area contributed by atoms with Crippen LogP contribution in [0.5, 0.6) is 0 Å². The van der Waals surface area contributed by atoms with E-state index in [1.54, 1.807) is 0 Å². The van der Waals surface area contributed by atoms with Crippen LogP contribution < -0.4 is 0 Å². The summed E-state index contributed by atoms with van der Waals surface area (Å²) in [4.78, 5) is 20.6. The lowest BCUT2D eigenvalue weighted by Gasteiger charge is -2.22. The van der Waals surface area contributed by atoms with Gasteiger partial charge >= 0.3 is 24.2 Å². The van der Waals surface area contributed by atoms with E-state index in [1.807, 2.05) is 0 Å². The third-order valence-corrected chi connectivity index (χ3v) is 2.94. The van der Waals surface area contributed by atoms with E-state index in [1.165, 1.54) is 6.55 Å². The lowest BCUT2D eigenvalue weighted by atomic mass is 10.3. The molecule has 0 heterocycles. The van der Waals surface area contributed by atoms with Gasteiger partial charge in [0.15, 0.2) is 0 Å². The fourth-order valence-electron chi connectivity index (χ4n) is 1.09. The number of carbonyl (C=O) groups is 2. The van der Waals surface area contributed by atoms with Crippen LogP contribution in [-0.4, -0.2) is 44.3 Å². The maximum Gasteiger partial charge on any atom is 0.471 e. The van der Waals surface area contributed by atoms with Gasteiger partial charge in [-0.2, -0.15) is 26.3 Å². The first-order valence-electron chi connectivity index (χ1n) is 4.86. The molecule has 0 saturated heterocycles. The van der Waals surface area contributed by atoms with E-state index < -0.39 is 50.7 Å². The van der Waals surface area contributed by atoms with Gasteiger partial charge in [0.1, 0.15) is 0 Å². The summed E-state index contributed by atoms with van der Waals surface area (Å²) < 4.78 is 83.1. The molecule has 0 spiro atoms. The second-order valence-corrected chi connectivity index (χ2v) is 5.47. The van der Waals surface area contributed by atoms with Crippen molar-refractivity contribution in [2.75, 3.05) is 6.54 Å². The van der Waals surface area contributed by atoms with Crippen molar-refractivity contribution >= 4 is 20.5 Å². The number of hydrogen-bond acceptors (Lipinski definition) is 3. The zero-order chi connectivity index (χ0) is 15.4. The molecule has 110 valence electrons. The summed E-state index contributed by atoms with van der Waals surface area (Å²) in [5, 5.41) is 0. The molecule has 2 amide bonds. The molecule has 0 aliphatic rings. The summed E-state index contributed by atoms with van der Waals surface area (Å²) in [6.07, 6.45) is -11.6. The smallest absolute Gasteiger partial charge is 0.389 e. The van der Waals surface area contributed by atoms with Crippen molar-refractivity contribution < 1.29 is 40.4 Å². The average molecular weight is 309 g/mol. The Bertz CT molecular complexity index is 352. The minimum absolute atomic E-state index is 0.155. The van der Waals surface area contributed by atoms with Crippen LogP contribution in [0.15, 0.2) is 0 Å². The van der Waals surface area contributed by atoms with Gasteiger partial charge in [-0.25, -0.2) is 0 Å². The van der Waals surface area contributed by atoms with Crippen molar-refractivity contribution in [3.8, 4) is 0 Å². The van der Waals surface area contributed by atoms with Gasteiger partial charge in [-0.3, -0.25) is 14.5 Å². The summed E-state index contributed by atoms with van der Waals surface area (Å²) in [6.45, 7) is 0.174. The summed E-state index contributed by atoms with van der Waals surface area (Å²) >= 11 is 0. The zero-order valence-electron chi connectivity index (χ0n) is 9.56. The Morgan fingerprint density at radius 2 is 1.37 bits per heavy atom. The number of amides is 2. The predicted octanol–water partition coefficient (Wildman–Crippen LogP) is 1.91. The molecule has 0 radical (unpaired) electrons. The second kappa shape index (κ2) is 6.26. The highest BCUT2D eigenvalue weighted by molar-refractivity contribution is 6.40. The van der Waals surface area contributed by atoms with Gasteiger partial charge in [-0.1, -0.05) is 0 Å². The molecule has 0 saturated carbocycles. The molecule has 0 aliphatic heterocycles. The molecule has 11 heteroatoms. The van der Waals surface area contributed by atoms with Gasteiger partial charge in [0, 0.05) is 6.54 Å². The maximum absolute atomic E-state index is 12.1. The van der Waals surface area contributed by atoms with Crippen LogP contribution in [-0.2, 0) is 14.1 Å². The zero-order valence-corrected chi connectivity index (χ0v) is 10.6. The van der Waals surface area contributed by atoms with Gasteiger partial charge in [-0.05, 0) is 19.0 Å². The molecule has 0 aliphatic carbocycles. The first kappa shape index (κ1) is 17.7. The van der Waals surface area contributed by atoms with Crippen LogP contribution in [0.25, 0.3) is 0 Å². The monoisotopic (exact) mass is 309 g/mol. The van der Waals surface area contributed by atoms with Crippen molar-refractivity contribution in [1.29, 1.82) is 0 Å². The largest absolute Gasteiger partial charge is 0.471 e. The lowest BCUT2D eigenvalue weighted by molar-refractivity contribution is -0.204. The molecule has 0 unspecified atom stereocenters. The molecule has 0 bridgehead atoms. The molecule has 19 heavy (non-hydrogen) atoms. The number of carbonyl (C=O) groups excluding carboxylic acids is 2. The summed E-state index contributed by atoms with van der Waals surface area (Å²) in [5.74, 6) is -5.77. The topological polar surface area (TPSA) is 54.5 Å². The van der Waals surface area contributed by atoms with Crippen molar-refractivity contribution in [2.45, 2.75) is 31.4 Å². The van der Waals surface area contributed by atoms with E-state index in [-0.39, 0.29) is 6.04 Å². The number of imide groups is 1. The minimum atomic E-state index is -5.58. The molecular formula is C8H9F6NO3Si. The molecule has 0 rings (SSSR count). The third-order valence-electron chi connectivity index (χ3n) is 1.89. The van der Waals surface area contributed by atoms with Crippen molar-refractivity contribution in [3.05, 3.63) is 0 Å². The molecule has 0 aromatic carbocycles. The van der Waals surface area contributed by atoms with Crippen LogP contribution in [0.2, 0.25) is 12.6 Å². The molecule has 4 nitrogen and oxygen atoms in total. The molecule has 0 atom stereocenters. The Morgan fingerprint density at radius 3 is 1.63 bits per heavy atom. The molecule has 0 N–H and O–H groups in total. The number of alkyl halides is 6. The normalized spacial score (nSPS) is 12.2. The number of hydrogen-bond donors (Lipinski definition) is 0. The van der Waals surface area contributed by atoms with E-state index in [0.29, 0.717) is 0 Å². The van der Waals surface area contributed by atoms with E-state index in [4.69, 9.17) is 0 Å². The Hall–Kier alpha value is -1.26. The average Bonchev–Trinajstić information content (AvgIpc) is 2.19. The summed E-state index contributed by atoms with van der Waals surface area (Å²) in [6, 6.07) is -0.155. The Kier molecular flexibility index (Phi) is 5.84. The third kappa shape index (κ3) is 5.94. The second-order valence-electron chi connectivity index (χ2n) is 3.56. The van der Waals surface area contributed by atoms with E-state index in [9.17, 15) is 40.4 Å². The minimum Gasteiger partial charge on any atom is -0.389 e. The molecular weight excluding hydrogens is 300 g/mol. The summed E-state index contributed by atoms with van der Waals surface area (Å²) in [5.41, 5.74) is 0. The van der Waals surface area contributed by atoms with Crippen molar-refractivity contribution in [2.24, 2.45) is 0 Å². The highest BCUT2D eigenvalue weighted by atomic mass is 28.3. The van der Waals surface area contributed by atoms with Crippen molar-refractivity contribution in [3.63, 3.8) is 0 Å².